The van der Waals surface area contributed by atoms with Gasteiger partial charge in [-0.1, -0.05) is 0 Å². The van der Waals surface area contributed by atoms with Crippen molar-refractivity contribution in [3.05, 3.63) is 0 Å². The van der Waals surface area contributed by atoms with Crippen LogP contribution in [0.3, 0.4) is 0 Å². The van der Waals surface area contributed by atoms with E-state index in [1.807, 2.05) is 0 Å². The summed E-state index contributed by atoms with van der Waals surface area (Å²) in [7, 11) is 2.17. The Morgan fingerprint density at radius 2 is 2.56 bits per heavy atom. The summed E-state index contributed by atoms with van der Waals surface area (Å²) in [4.78, 5) is 2.36. The van der Waals surface area contributed by atoms with Crippen LogP contribution in [0.5, 0.6) is 0 Å². The van der Waals surface area contributed by atoms with Gasteiger partial charge in [-0.25, -0.2) is 0 Å². The van der Waals surface area contributed by atoms with Crippen molar-refractivity contribution in [2.45, 2.75) is 5.94 Å². The van der Waals surface area contributed by atoms with Crippen LogP contribution in [0.15, 0.2) is 0 Å². The van der Waals surface area contributed by atoms with Crippen molar-refractivity contribution < 1.29 is 0 Å². The first-order chi connectivity index (χ1) is 4.34. The molecule has 0 aliphatic carbocycles. The Labute approximate surface area is 70.5 Å². The summed E-state index contributed by atoms with van der Waals surface area (Å²) in [6.45, 7) is 3.42. The molecule has 0 aromatic heterocycles. The maximum absolute atomic E-state index is 3.34. The molecule has 9 heavy (non-hydrogen) atoms. The lowest BCUT2D eigenvalue weighted by molar-refractivity contribution is 0.260. The first kappa shape index (κ1) is 7.82. The van der Waals surface area contributed by atoms with Crippen molar-refractivity contribution in [3.8, 4) is 0 Å². The largest absolute Gasteiger partial charge is 0.315 e. The molecule has 0 saturated carbocycles. The van der Waals surface area contributed by atoms with Gasteiger partial charge in [0.05, 0.1) is 0 Å². The third kappa shape index (κ3) is 2.09. The molecule has 51 valence electrons. The van der Waals surface area contributed by atoms with E-state index in [0.717, 1.165) is 13.1 Å². The van der Waals surface area contributed by atoms with Crippen LogP contribution in [0.4, 0.5) is 0 Å². The molecule has 1 aliphatic rings. The average molecular weight is 237 g/mol. The molecule has 1 N–H and O–H groups in total. The number of nitrogens with one attached hydrogen (secondary N) is 1. The molecule has 1 rings (SSSR count). The minimum atomic E-state index is 0.638. The molecular formula is C5H11BIN2. The Morgan fingerprint density at radius 3 is 3.00 bits per heavy atom. The number of rotatable bonds is 1. The van der Waals surface area contributed by atoms with Crippen LogP contribution < -0.4 is 5.32 Å². The van der Waals surface area contributed by atoms with E-state index in [9.17, 15) is 0 Å². The van der Waals surface area contributed by atoms with Crippen LogP contribution in [-0.2, 0) is 0 Å². The van der Waals surface area contributed by atoms with Gasteiger partial charge in [0.15, 0.2) is 0 Å². The lowest BCUT2D eigenvalue weighted by Gasteiger charge is -2.31. The average Bonchev–Trinajstić information content (AvgIpc) is 1.89. The van der Waals surface area contributed by atoms with Gasteiger partial charge in [0, 0.05) is 25.6 Å². The molecule has 0 spiro atoms. The third-order valence-electron chi connectivity index (χ3n) is 1.71. The summed E-state index contributed by atoms with van der Waals surface area (Å²) < 4.78 is 0. The summed E-state index contributed by atoms with van der Waals surface area (Å²) in [5.74, 6) is 0.638. The van der Waals surface area contributed by atoms with E-state index in [1.54, 1.807) is 0 Å². The van der Waals surface area contributed by atoms with E-state index in [2.05, 4.69) is 44.8 Å². The third-order valence-corrected chi connectivity index (χ3v) is 2.54. The normalized spacial score (nSPS) is 30.2. The second kappa shape index (κ2) is 3.78. The molecule has 1 heterocycles. The van der Waals surface area contributed by atoms with Gasteiger partial charge in [0.1, 0.15) is 0 Å². The number of hydrogen-bond acceptors (Lipinski definition) is 2. The van der Waals surface area contributed by atoms with Crippen LogP contribution in [0, 0.1) is 0 Å². The highest BCUT2D eigenvalue weighted by Crippen LogP contribution is 1.99. The molecule has 1 aliphatic heterocycles. The summed E-state index contributed by atoms with van der Waals surface area (Å²) in [5, 5.41) is 5.55. The fourth-order valence-corrected chi connectivity index (χ4v) is 1.77. The van der Waals surface area contributed by atoms with Crippen LogP contribution in [0.1, 0.15) is 0 Å². The predicted molar refractivity (Wildman–Crippen MR) is 49.1 cm³/mol. The Kier molecular flexibility index (Phi) is 3.28. The van der Waals surface area contributed by atoms with Crippen molar-refractivity contribution >= 4 is 27.5 Å². The van der Waals surface area contributed by atoms with Gasteiger partial charge in [0.25, 0.3) is 0 Å². The lowest BCUT2D eigenvalue weighted by Crippen LogP contribution is -2.50. The van der Waals surface area contributed by atoms with E-state index in [4.69, 9.17) is 0 Å². The maximum atomic E-state index is 3.34. The van der Waals surface area contributed by atoms with E-state index in [-0.39, 0.29) is 0 Å². The summed E-state index contributed by atoms with van der Waals surface area (Å²) in [5.41, 5.74) is 0. The highest BCUT2D eigenvalue weighted by molar-refractivity contribution is 14.1. The molecule has 2 nitrogen and oxygen atoms in total. The Morgan fingerprint density at radius 1 is 1.78 bits per heavy atom. The summed E-state index contributed by atoms with van der Waals surface area (Å²) in [6, 6.07) is 0. The van der Waals surface area contributed by atoms with Crippen LogP contribution in [0.2, 0.25) is 0 Å². The summed E-state index contributed by atoms with van der Waals surface area (Å²) in [6.07, 6.45) is 0. The highest BCUT2D eigenvalue weighted by Gasteiger charge is 2.16. The van der Waals surface area contributed by atoms with Gasteiger partial charge < -0.3 is 10.2 Å². The molecule has 1 radical (unpaired) electrons. The smallest absolute Gasteiger partial charge is 0.222 e. The lowest BCUT2D eigenvalue weighted by atomic mass is 9.93. The molecular weight excluding hydrogens is 226 g/mol. The Balaban J connectivity index is 2.30. The van der Waals surface area contributed by atoms with Crippen molar-refractivity contribution in [1.82, 2.24) is 10.2 Å². The number of piperazine rings is 1. The fraction of sp³-hybridized carbons (Fsp3) is 1.00. The van der Waals surface area contributed by atoms with E-state index in [0.29, 0.717) is 5.94 Å². The standard InChI is InChI=1S/C5H11BIN2/c1-9-3-2-8-4-5(9)6-7/h5,8H,2-4H2,1H3/t5-/m0/s1. The molecule has 0 aromatic rings. The predicted octanol–water partition coefficient (Wildman–Crippen LogP) is -0.0983. The fourth-order valence-electron chi connectivity index (χ4n) is 0.968. The number of nitrogens with zero attached hydrogens (tertiary/aromatic N) is 1. The molecule has 1 saturated heterocycles. The minimum Gasteiger partial charge on any atom is -0.315 e. The first-order valence-electron chi connectivity index (χ1n) is 3.19. The van der Waals surface area contributed by atoms with Crippen molar-refractivity contribution in [2.75, 3.05) is 26.7 Å². The van der Waals surface area contributed by atoms with Crippen LogP contribution >= 0.6 is 22.4 Å². The van der Waals surface area contributed by atoms with Crippen LogP contribution in [0.25, 0.3) is 0 Å². The van der Waals surface area contributed by atoms with Crippen molar-refractivity contribution in [3.63, 3.8) is 0 Å². The van der Waals surface area contributed by atoms with Crippen molar-refractivity contribution in [2.24, 2.45) is 0 Å². The van der Waals surface area contributed by atoms with Gasteiger partial charge in [-0.3, -0.25) is 0 Å². The molecule has 0 bridgehead atoms. The van der Waals surface area contributed by atoms with Crippen LogP contribution in [-0.4, -0.2) is 42.7 Å². The van der Waals surface area contributed by atoms with Gasteiger partial charge >= 0.3 is 0 Å². The Hall–Kier alpha value is 0.715. The second-order valence-corrected chi connectivity index (χ2v) is 3.10. The minimum absolute atomic E-state index is 0.638. The van der Waals surface area contributed by atoms with Gasteiger partial charge in [-0.15, -0.1) is 0 Å². The van der Waals surface area contributed by atoms with Gasteiger partial charge in [0.2, 0.25) is 5.14 Å². The van der Waals surface area contributed by atoms with E-state index in [1.165, 1.54) is 6.54 Å². The first-order valence-corrected chi connectivity index (χ1v) is 4.43. The SMILES string of the molecule is CN1CCNC[C@H]1[B]I. The van der Waals surface area contributed by atoms with Crippen molar-refractivity contribution in [1.29, 1.82) is 0 Å². The number of likely N-dealkylation sites (N-methyl/N-ethyl adjacent to an activating group) is 1. The zero-order chi connectivity index (χ0) is 6.69. The summed E-state index contributed by atoms with van der Waals surface area (Å²) >= 11 is 2.32. The van der Waals surface area contributed by atoms with Gasteiger partial charge in [-0.05, 0) is 7.05 Å². The van der Waals surface area contributed by atoms with E-state index >= 15 is 0 Å². The molecule has 1 fully saturated rings. The number of hydrogen-bond donors (Lipinski definition) is 1. The zero-order valence-electron chi connectivity index (χ0n) is 5.60. The maximum Gasteiger partial charge on any atom is 0.222 e. The Bertz CT molecular complexity index is 91.0. The molecule has 1 atom stereocenters. The van der Waals surface area contributed by atoms with E-state index < -0.39 is 0 Å². The second-order valence-electron chi connectivity index (χ2n) is 2.38. The highest BCUT2D eigenvalue weighted by atomic mass is 127. The van der Waals surface area contributed by atoms with Gasteiger partial charge in [-0.2, -0.15) is 22.4 Å². The molecule has 4 heteroatoms. The quantitative estimate of drug-likeness (QED) is 0.506. The topological polar surface area (TPSA) is 15.3 Å². The monoisotopic (exact) mass is 237 g/mol. The molecule has 0 aromatic carbocycles. The number of halogens is 1. The molecule has 0 unspecified atom stereocenters. The zero-order valence-corrected chi connectivity index (χ0v) is 7.76. The molecule has 0 amide bonds.